The lowest BCUT2D eigenvalue weighted by molar-refractivity contribution is -0.104. The molecule has 2 aliphatic heterocycles. The van der Waals surface area contributed by atoms with Gasteiger partial charge in [-0.2, -0.15) is 5.10 Å². The van der Waals surface area contributed by atoms with Crippen molar-refractivity contribution < 1.29 is 19.7 Å². The summed E-state index contributed by atoms with van der Waals surface area (Å²) in [6.45, 7) is 2.27. The maximum atomic E-state index is 10.6. The molecular weight excluding hydrogens is 326 g/mol. The van der Waals surface area contributed by atoms with Crippen LogP contribution in [0.2, 0.25) is 0 Å². The largest absolute Gasteiger partial charge is 0.387 e. The number of aromatic nitrogens is 5. The van der Waals surface area contributed by atoms with Crippen molar-refractivity contribution in [3.05, 3.63) is 41.7 Å². The molecule has 9 heteroatoms. The summed E-state index contributed by atoms with van der Waals surface area (Å²) in [4.78, 5) is 8.46. The summed E-state index contributed by atoms with van der Waals surface area (Å²) in [6.07, 6.45) is 0.818. The van der Waals surface area contributed by atoms with Crippen molar-refractivity contribution in [2.75, 3.05) is 0 Å². The Morgan fingerprint density at radius 2 is 2.16 bits per heavy atom. The van der Waals surface area contributed by atoms with Crippen molar-refractivity contribution in [2.45, 2.75) is 44.2 Å². The zero-order valence-electron chi connectivity index (χ0n) is 13.4. The lowest BCUT2D eigenvalue weighted by Gasteiger charge is -2.21. The molecule has 1 fully saturated rings. The molecule has 9 nitrogen and oxygen atoms in total. The average molecular weight is 343 g/mol. The van der Waals surface area contributed by atoms with Crippen molar-refractivity contribution in [3.8, 4) is 0 Å². The third-order valence-corrected chi connectivity index (χ3v) is 5.02. The number of hydrogen-bond acceptors (Lipinski definition) is 7. The zero-order valence-corrected chi connectivity index (χ0v) is 13.4. The van der Waals surface area contributed by atoms with E-state index in [0.29, 0.717) is 12.3 Å². The average Bonchev–Trinajstić information content (AvgIpc) is 3.34. The Bertz CT molecular complexity index is 938. The number of aromatic amines is 1. The maximum absolute atomic E-state index is 10.6. The van der Waals surface area contributed by atoms with Gasteiger partial charge in [-0.05, 0) is 13.0 Å². The molecule has 0 spiro atoms. The van der Waals surface area contributed by atoms with Crippen LogP contribution in [0, 0.1) is 6.92 Å². The van der Waals surface area contributed by atoms with E-state index in [4.69, 9.17) is 9.47 Å². The Morgan fingerprint density at radius 1 is 1.28 bits per heavy atom. The summed E-state index contributed by atoms with van der Waals surface area (Å²) in [7, 11) is 0. The van der Waals surface area contributed by atoms with Crippen LogP contribution in [-0.2, 0) is 16.1 Å². The third-order valence-electron chi connectivity index (χ3n) is 5.02. The summed E-state index contributed by atoms with van der Waals surface area (Å²) in [5.41, 5.74) is 3.22. The standard InChI is InChI=1S/C16H17N5O4/c1-7-8-2-3-21(15(8)18-6-17-7)16-12(23)11(22)14(25-16)13-9-4-19-20-10(9)5-24-13/h2-4,6,11-14,16,22-23H,5H2,1H3,(H,19,20)/t11-,12+,13+,14-,16+/m0/s1. The van der Waals surface area contributed by atoms with E-state index in [0.717, 1.165) is 22.3 Å². The molecular formula is C16H17N5O4. The van der Waals surface area contributed by atoms with Crippen molar-refractivity contribution in [1.82, 2.24) is 24.7 Å². The number of nitrogens with one attached hydrogen (secondary N) is 1. The number of aryl methyl sites for hydroxylation is 1. The van der Waals surface area contributed by atoms with Crippen LogP contribution >= 0.6 is 0 Å². The Balaban J connectivity index is 1.50. The maximum Gasteiger partial charge on any atom is 0.164 e. The molecule has 3 N–H and O–H groups in total. The third kappa shape index (κ3) is 2.07. The molecule has 5 rings (SSSR count). The molecule has 3 aromatic rings. The summed E-state index contributed by atoms with van der Waals surface area (Å²) in [5.74, 6) is 0. The Hall–Kier alpha value is -2.33. The van der Waals surface area contributed by atoms with Crippen LogP contribution in [0.4, 0.5) is 0 Å². The van der Waals surface area contributed by atoms with Gasteiger partial charge in [0.2, 0.25) is 0 Å². The summed E-state index contributed by atoms with van der Waals surface area (Å²) >= 11 is 0. The predicted molar refractivity (Wildman–Crippen MR) is 84.3 cm³/mol. The molecule has 0 unspecified atom stereocenters. The SMILES string of the molecule is Cc1ncnc2c1ccn2[C@@H]1O[C@H]([C@@H]2OCc3[nH]ncc32)[C@@H](O)[C@H]1O. The highest BCUT2D eigenvalue weighted by Crippen LogP contribution is 2.42. The summed E-state index contributed by atoms with van der Waals surface area (Å²) < 4.78 is 13.5. The first-order chi connectivity index (χ1) is 12.1. The van der Waals surface area contributed by atoms with Gasteiger partial charge in [-0.15, -0.1) is 0 Å². The number of rotatable bonds is 2. The van der Waals surface area contributed by atoms with Gasteiger partial charge in [0.15, 0.2) is 6.23 Å². The van der Waals surface area contributed by atoms with Crippen molar-refractivity contribution in [3.63, 3.8) is 0 Å². The Labute approximate surface area is 142 Å². The number of H-pyrrole nitrogens is 1. The van der Waals surface area contributed by atoms with Gasteiger partial charge < -0.3 is 24.3 Å². The first kappa shape index (κ1) is 15.0. The Morgan fingerprint density at radius 3 is 3.04 bits per heavy atom. The van der Waals surface area contributed by atoms with Gasteiger partial charge in [-0.3, -0.25) is 5.10 Å². The first-order valence-electron chi connectivity index (χ1n) is 8.08. The van der Waals surface area contributed by atoms with E-state index in [1.807, 2.05) is 13.0 Å². The molecule has 5 heterocycles. The molecule has 3 aromatic heterocycles. The topological polar surface area (TPSA) is 118 Å². The van der Waals surface area contributed by atoms with E-state index in [2.05, 4.69) is 20.2 Å². The van der Waals surface area contributed by atoms with Gasteiger partial charge >= 0.3 is 0 Å². The fourth-order valence-electron chi connectivity index (χ4n) is 3.69. The van der Waals surface area contributed by atoms with E-state index in [9.17, 15) is 10.2 Å². The van der Waals surface area contributed by atoms with E-state index >= 15 is 0 Å². The van der Waals surface area contributed by atoms with Crippen LogP contribution in [0.5, 0.6) is 0 Å². The van der Waals surface area contributed by atoms with Crippen molar-refractivity contribution >= 4 is 11.0 Å². The molecule has 2 aliphatic rings. The van der Waals surface area contributed by atoms with Gasteiger partial charge in [0.1, 0.15) is 36.4 Å². The van der Waals surface area contributed by atoms with E-state index in [1.54, 1.807) is 17.0 Å². The molecule has 0 radical (unpaired) electrons. The fourth-order valence-corrected chi connectivity index (χ4v) is 3.69. The zero-order chi connectivity index (χ0) is 17.1. The number of hydrogen-bond donors (Lipinski definition) is 3. The highest BCUT2D eigenvalue weighted by atomic mass is 16.6. The van der Waals surface area contributed by atoms with Crippen molar-refractivity contribution in [2.24, 2.45) is 0 Å². The second-order valence-electron chi connectivity index (χ2n) is 6.43. The molecule has 0 bridgehead atoms. The Kier molecular flexibility index (Phi) is 3.19. The van der Waals surface area contributed by atoms with Crippen LogP contribution < -0.4 is 0 Å². The normalized spacial score (nSPS) is 31.7. The van der Waals surface area contributed by atoms with E-state index in [1.165, 1.54) is 6.33 Å². The molecule has 25 heavy (non-hydrogen) atoms. The van der Waals surface area contributed by atoms with Crippen LogP contribution in [0.15, 0.2) is 24.8 Å². The quantitative estimate of drug-likeness (QED) is 0.614. The van der Waals surface area contributed by atoms with Gasteiger partial charge in [-0.25, -0.2) is 9.97 Å². The first-order valence-corrected chi connectivity index (χ1v) is 8.08. The number of aliphatic hydroxyl groups excluding tert-OH is 2. The van der Waals surface area contributed by atoms with Crippen LogP contribution in [0.3, 0.4) is 0 Å². The second kappa shape index (κ2) is 5.33. The minimum absolute atomic E-state index is 0.381. The molecule has 0 amide bonds. The molecule has 130 valence electrons. The molecule has 0 aromatic carbocycles. The fraction of sp³-hybridized carbons (Fsp3) is 0.438. The summed E-state index contributed by atoms with van der Waals surface area (Å²) in [6, 6.07) is 1.88. The number of aliphatic hydroxyl groups is 2. The highest BCUT2D eigenvalue weighted by molar-refractivity contribution is 5.78. The molecule has 1 saturated heterocycles. The monoisotopic (exact) mass is 343 g/mol. The van der Waals surface area contributed by atoms with Gasteiger partial charge in [0.25, 0.3) is 0 Å². The smallest absolute Gasteiger partial charge is 0.164 e. The van der Waals surface area contributed by atoms with Gasteiger partial charge in [0, 0.05) is 17.1 Å². The van der Waals surface area contributed by atoms with Gasteiger partial charge in [0.05, 0.1) is 24.2 Å². The number of fused-ring (bicyclic) bond motifs is 2. The minimum Gasteiger partial charge on any atom is -0.387 e. The van der Waals surface area contributed by atoms with Gasteiger partial charge in [-0.1, -0.05) is 0 Å². The van der Waals surface area contributed by atoms with Crippen LogP contribution in [0.1, 0.15) is 29.3 Å². The van der Waals surface area contributed by atoms with Crippen molar-refractivity contribution in [1.29, 1.82) is 0 Å². The minimum atomic E-state index is -1.10. The number of ether oxygens (including phenoxy) is 2. The second-order valence-corrected chi connectivity index (χ2v) is 6.43. The lowest BCUT2D eigenvalue weighted by atomic mass is 10.0. The van der Waals surface area contributed by atoms with Crippen LogP contribution in [-0.4, -0.2) is 53.3 Å². The molecule has 0 aliphatic carbocycles. The highest BCUT2D eigenvalue weighted by Gasteiger charge is 2.50. The van der Waals surface area contributed by atoms with E-state index in [-0.39, 0.29) is 0 Å². The van der Waals surface area contributed by atoms with Crippen LogP contribution in [0.25, 0.3) is 11.0 Å². The number of nitrogens with zero attached hydrogens (tertiary/aromatic N) is 4. The summed E-state index contributed by atoms with van der Waals surface area (Å²) in [5, 5.41) is 28.9. The molecule has 0 saturated carbocycles. The lowest BCUT2D eigenvalue weighted by Crippen LogP contribution is -2.34. The van der Waals surface area contributed by atoms with E-state index < -0.39 is 30.6 Å². The molecule has 5 atom stereocenters. The predicted octanol–water partition coefficient (Wildman–Crippen LogP) is 0.354.